The van der Waals surface area contributed by atoms with Gasteiger partial charge in [-0.3, -0.25) is 4.79 Å². The summed E-state index contributed by atoms with van der Waals surface area (Å²) >= 11 is 7.74. The Kier molecular flexibility index (Phi) is 7.38. The number of fused-ring (bicyclic) bond motifs is 1. The number of hydrazone groups is 1. The molecular weight excluding hydrogens is 440 g/mol. The lowest BCUT2D eigenvalue weighted by Crippen LogP contribution is -2.19. The predicted octanol–water partition coefficient (Wildman–Crippen LogP) is 5.65. The molecule has 7 heteroatoms. The molecule has 3 aromatic carbocycles. The van der Waals surface area contributed by atoms with E-state index >= 15 is 0 Å². The molecule has 0 aliphatic carbocycles. The highest BCUT2D eigenvalue weighted by Crippen LogP contribution is 2.26. The van der Waals surface area contributed by atoms with Gasteiger partial charge in [-0.2, -0.15) is 5.10 Å². The van der Waals surface area contributed by atoms with Crippen molar-refractivity contribution in [3.8, 4) is 0 Å². The number of aromatic nitrogens is 2. The molecule has 0 radical (unpaired) electrons. The lowest BCUT2D eigenvalue weighted by atomic mass is 10.2. The van der Waals surface area contributed by atoms with E-state index in [4.69, 9.17) is 16.6 Å². The van der Waals surface area contributed by atoms with E-state index in [9.17, 15) is 4.79 Å². The Morgan fingerprint density at radius 2 is 1.78 bits per heavy atom. The molecule has 160 valence electrons. The molecule has 1 heterocycles. The van der Waals surface area contributed by atoms with Crippen LogP contribution in [0.25, 0.3) is 17.1 Å². The average molecular weight is 461 g/mol. The number of thioether (sulfide) groups is 1. The molecule has 0 aliphatic heterocycles. The van der Waals surface area contributed by atoms with E-state index in [1.807, 2.05) is 84.9 Å². The van der Waals surface area contributed by atoms with Crippen molar-refractivity contribution in [3.63, 3.8) is 0 Å². The minimum absolute atomic E-state index is 0.198. The molecular formula is C25H21ClN4OS. The van der Waals surface area contributed by atoms with Crippen LogP contribution >= 0.6 is 23.4 Å². The first-order chi connectivity index (χ1) is 15.7. The van der Waals surface area contributed by atoms with Gasteiger partial charge in [0.2, 0.25) is 0 Å². The van der Waals surface area contributed by atoms with Crippen molar-refractivity contribution in [2.24, 2.45) is 5.10 Å². The zero-order valence-corrected chi connectivity index (χ0v) is 18.8. The molecule has 1 N–H and O–H groups in total. The maximum absolute atomic E-state index is 12.3. The smallest absolute Gasteiger partial charge is 0.250 e. The summed E-state index contributed by atoms with van der Waals surface area (Å²) < 4.78 is 2.08. The van der Waals surface area contributed by atoms with Crippen LogP contribution in [0.5, 0.6) is 0 Å². The van der Waals surface area contributed by atoms with Crippen molar-refractivity contribution in [3.05, 3.63) is 101 Å². The van der Waals surface area contributed by atoms with Gasteiger partial charge in [0.05, 0.1) is 23.3 Å². The van der Waals surface area contributed by atoms with E-state index in [0.29, 0.717) is 11.6 Å². The van der Waals surface area contributed by atoms with Crippen LogP contribution in [0.15, 0.2) is 95.2 Å². The van der Waals surface area contributed by atoms with Gasteiger partial charge in [-0.1, -0.05) is 90.1 Å². The van der Waals surface area contributed by atoms with E-state index in [1.165, 1.54) is 11.8 Å². The molecule has 0 unspecified atom stereocenters. The summed E-state index contributed by atoms with van der Waals surface area (Å²) in [6, 6.07) is 25.5. The Balaban J connectivity index is 1.40. The van der Waals surface area contributed by atoms with Gasteiger partial charge in [-0.25, -0.2) is 10.4 Å². The molecule has 0 saturated carbocycles. The third-order valence-electron chi connectivity index (χ3n) is 4.68. The summed E-state index contributed by atoms with van der Waals surface area (Å²) in [5.41, 5.74) is 6.50. The highest BCUT2D eigenvalue weighted by Gasteiger charge is 2.14. The SMILES string of the molecule is O=C(CSc1nc2ccccc2n1Cc1ccccc1Cl)N/N=C\C=C\c1ccccc1. The highest BCUT2D eigenvalue weighted by molar-refractivity contribution is 7.99. The van der Waals surface area contributed by atoms with E-state index in [2.05, 4.69) is 15.1 Å². The van der Waals surface area contributed by atoms with Crippen LogP contribution in [-0.4, -0.2) is 27.4 Å². The van der Waals surface area contributed by atoms with Gasteiger partial charge in [-0.15, -0.1) is 0 Å². The number of nitrogens with zero attached hydrogens (tertiary/aromatic N) is 3. The average Bonchev–Trinajstić information content (AvgIpc) is 3.17. The fourth-order valence-electron chi connectivity index (χ4n) is 3.15. The molecule has 0 fully saturated rings. The summed E-state index contributed by atoms with van der Waals surface area (Å²) in [6.45, 7) is 0.576. The van der Waals surface area contributed by atoms with Crippen LogP contribution in [0.4, 0.5) is 0 Å². The fourth-order valence-corrected chi connectivity index (χ4v) is 4.15. The third kappa shape index (κ3) is 5.66. The lowest BCUT2D eigenvalue weighted by Gasteiger charge is -2.10. The molecule has 5 nitrogen and oxygen atoms in total. The molecule has 1 aromatic heterocycles. The summed E-state index contributed by atoms with van der Waals surface area (Å²) in [7, 11) is 0. The molecule has 32 heavy (non-hydrogen) atoms. The van der Waals surface area contributed by atoms with Crippen molar-refractivity contribution in [1.82, 2.24) is 15.0 Å². The quantitative estimate of drug-likeness (QED) is 0.210. The Bertz CT molecular complexity index is 1270. The molecule has 0 atom stereocenters. The highest BCUT2D eigenvalue weighted by atomic mass is 35.5. The first-order valence-corrected chi connectivity index (χ1v) is 11.4. The number of carbonyl (C=O) groups is 1. The van der Waals surface area contributed by atoms with Crippen LogP contribution < -0.4 is 5.43 Å². The molecule has 0 spiro atoms. The van der Waals surface area contributed by atoms with Crippen LogP contribution in [0.3, 0.4) is 0 Å². The number of carbonyl (C=O) groups excluding carboxylic acids is 1. The number of imidazole rings is 1. The number of benzene rings is 3. The second-order valence-corrected chi connectivity index (χ2v) is 8.28. The fraction of sp³-hybridized carbons (Fsp3) is 0.0800. The summed E-state index contributed by atoms with van der Waals surface area (Å²) in [4.78, 5) is 17.0. The van der Waals surface area contributed by atoms with Gasteiger partial charge in [0.1, 0.15) is 0 Å². The maximum atomic E-state index is 12.3. The number of hydrogen-bond donors (Lipinski definition) is 1. The number of amides is 1. The zero-order chi connectivity index (χ0) is 22.2. The van der Waals surface area contributed by atoms with Crippen molar-refractivity contribution in [2.75, 3.05) is 5.75 Å². The number of rotatable bonds is 8. The molecule has 4 aromatic rings. The first-order valence-electron chi connectivity index (χ1n) is 10.1. The molecule has 1 amide bonds. The van der Waals surface area contributed by atoms with Crippen molar-refractivity contribution in [1.29, 1.82) is 0 Å². The van der Waals surface area contributed by atoms with Crippen molar-refractivity contribution < 1.29 is 4.79 Å². The Morgan fingerprint density at radius 3 is 2.62 bits per heavy atom. The van der Waals surface area contributed by atoms with Crippen LogP contribution in [0.1, 0.15) is 11.1 Å². The second-order valence-electron chi connectivity index (χ2n) is 6.93. The predicted molar refractivity (Wildman–Crippen MR) is 133 cm³/mol. The van der Waals surface area contributed by atoms with Crippen LogP contribution in [0.2, 0.25) is 5.02 Å². The number of hydrogen-bond acceptors (Lipinski definition) is 4. The monoisotopic (exact) mass is 460 g/mol. The van der Waals surface area contributed by atoms with E-state index in [0.717, 1.165) is 27.3 Å². The van der Waals surface area contributed by atoms with Gasteiger partial charge < -0.3 is 4.57 Å². The Labute approximate surface area is 195 Å². The number of nitrogens with one attached hydrogen (secondary N) is 1. The number of para-hydroxylation sites is 2. The van der Waals surface area contributed by atoms with Gasteiger partial charge in [0.15, 0.2) is 5.16 Å². The third-order valence-corrected chi connectivity index (χ3v) is 6.02. The van der Waals surface area contributed by atoms with Gasteiger partial charge in [-0.05, 0) is 35.4 Å². The minimum atomic E-state index is -0.198. The Hall–Kier alpha value is -3.35. The summed E-state index contributed by atoms with van der Waals surface area (Å²) in [5, 5.41) is 5.44. The topological polar surface area (TPSA) is 59.3 Å². The second kappa shape index (κ2) is 10.8. The van der Waals surface area contributed by atoms with E-state index in [-0.39, 0.29) is 11.7 Å². The largest absolute Gasteiger partial charge is 0.314 e. The summed E-state index contributed by atoms with van der Waals surface area (Å²) in [5.74, 6) is 0.00157. The molecule has 4 rings (SSSR count). The van der Waals surface area contributed by atoms with Crippen LogP contribution in [0, 0.1) is 0 Å². The summed E-state index contributed by atoms with van der Waals surface area (Å²) in [6.07, 6.45) is 5.26. The number of halogens is 1. The molecule has 0 bridgehead atoms. The Morgan fingerprint density at radius 1 is 1.03 bits per heavy atom. The maximum Gasteiger partial charge on any atom is 0.250 e. The van der Waals surface area contributed by atoms with Crippen molar-refractivity contribution >= 4 is 52.6 Å². The first kappa shape index (κ1) is 21.9. The van der Waals surface area contributed by atoms with Crippen LogP contribution in [-0.2, 0) is 11.3 Å². The van der Waals surface area contributed by atoms with Gasteiger partial charge in [0, 0.05) is 11.2 Å². The zero-order valence-electron chi connectivity index (χ0n) is 17.2. The molecule has 0 aliphatic rings. The van der Waals surface area contributed by atoms with Crippen molar-refractivity contribution in [2.45, 2.75) is 11.7 Å². The number of allylic oxidation sites excluding steroid dienone is 1. The molecule has 0 saturated heterocycles. The van der Waals surface area contributed by atoms with E-state index < -0.39 is 0 Å². The normalized spacial score (nSPS) is 11.5. The lowest BCUT2D eigenvalue weighted by molar-refractivity contribution is -0.118. The minimum Gasteiger partial charge on any atom is -0.314 e. The van der Waals surface area contributed by atoms with Gasteiger partial charge in [0.25, 0.3) is 5.91 Å². The van der Waals surface area contributed by atoms with Gasteiger partial charge >= 0.3 is 0 Å². The van der Waals surface area contributed by atoms with E-state index in [1.54, 1.807) is 12.3 Å². The standard InChI is InChI=1S/C25H21ClN4OS/c26-21-13-5-4-12-20(21)17-30-23-15-7-6-14-22(23)28-25(30)32-18-24(31)29-27-16-8-11-19-9-2-1-3-10-19/h1-16H,17-18H2,(H,29,31)/b11-8+,27-16-.